The highest BCUT2D eigenvalue weighted by atomic mass is 79.9. The van der Waals surface area contributed by atoms with Gasteiger partial charge in [-0.3, -0.25) is 4.79 Å². The van der Waals surface area contributed by atoms with Crippen LogP contribution in [0.3, 0.4) is 0 Å². The summed E-state index contributed by atoms with van der Waals surface area (Å²) in [5.41, 5.74) is 1.22. The lowest BCUT2D eigenvalue weighted by Crippen LogP contribution is -2.22. The zero-order valence-electron chi connectivity index (χ0n) is 9.57. The maximum atomic E-state index is 11.0. The summed E-state index contributed by atoms with van der Waals surface area (Å²) in [6, 6.07) is 8.08. The average molecular weight is 286 g/mol. The van der Waals surface area contributed by atoms with Crippen LogP contribution in [0.2, 0.25) is 0 Å². The van der Waals surface area contributed by atoms with Crippen LogP contribution >= 0.6 is 15.9 Å². The Bertz CT molecular complexity index is 355. The van der Waals surface area contributed by atoms with Crippen molar-refractivity contribution in [1.82, 2.24) is 4.90 Å². The molecule has 0 aromatic heterocycles. The molecule has 0 N–H and O–H groups in total. The zero-order chi connectivity index (χ0) is 12.0. The zero-order valence-corrected chi connectivity index (χ0v) is 11.2. The highest BCUT2D eigenvalue weighted by molar-refractivity contribution is 9.10. The molecule has 0 unspecified atom stereocenters. The molecule has 0 aliphatic carbocycles. The van der Waals surface area contributed by atoms with E-state index >= 15 is 0 Å². The minimum Gasteiger partial charge on any atom is -0.469 e. The summed E-state index contributed by atoms with van der Waals surface area (Å²) in [5.74, 6) is -0.168. The second kappa shape index (κ2) is 6.66. The number of ether oxygens (including phenoxy) is 1. The maximum Gasteiger partial charge on any atom is 0.306 e. The van der Waals surface area contributed by atoms with E-state index in [-0.39, 0.29) is 5.97 Å². The van der Waals surface area contributed by atoms with Gasteiger partial charge in [-0.05, 0) is 18.7 Å². The molecular weight excluding hydrogens is 270 g/mol. The Morgan fingerprint density at radius 2 is 2.12 bits per heavy atom. The number of esters is 1. The number of carbonyl (C=O) groups is 1. The first-order valence-electron chi connectivity index (χ1n) is 5.12. The molecule has 0 heterocycles. The Morgan fingerprint density at radius 3 is 2.75 bits per heavy atom. The molecule has 1 aromatic rings. The molecule has 0 spiro atoms. The van der Waals surface area contributed by atoms with Crippen molar-refractivity contribution in [3.8, 4) is 0 Å². The van der Waals surface area contributed by atoms with Gasteiger partial charge in [0.25, 0.3) is 0 Å². The Balaban J connectivity index is 2.43. The Labute approximate surface area is 105 Å². The van der Waals surface area contributed by atoms with E-state index in [1.807, 2.05) is 25.2 Å². The van der Waals surface area contributed by atoms with Gasteiger partial charge in [0.05, 0.1) is 13.5 Å². The summed E-state index contributed by atoms with van der Waals surface area (Å²) in [6.07, 6.45) is 0.428. The van der Waals surface area contributed by atoms with Gasteiger partial charge >= 0.3 is 5.97 Å². The lowest BCUT2D eigenvalue weighted by atomic mass is 10.2. The van der Waals surface area contributed by atoms with E-state index in [1.165, 1.54) is 12.7 Å². The van der Waals surface area contributed by atoms with Crippen molar-refractivity contribution < 1.29 is 9.53 Å². The van der Waals surface area contributed by atoms with Crippen molar-refractivity contribution in [3.63, 3.8) is 0 Å². The number of benzene rings is 1. The fourth-order valence-corrected chi connectivity index (χ4v) is 1.79. The molecule has 0 aliphatic heterocycles. The van der Waals surface area contributed by atoms with Gasteiger partial charge in [0.15, 0.2) is 0 Å². The van der Waals surface area contributed by atoms with E-state index in [4.69, 9.17) is 0 Å². The van der Waals surface area contributed by atoms with E-state index in [2.05, 4.69) is 31.6 Å². The highest BCUT2D eigenvalue weighted by Crippen LogP contribution is 2.17. The number of rotatable bonds is 5. The first-order valence-corrected chi connectivity index (χ1v) is 5.91. The summed E-state index contributed by atoms with van der Waals surface area (Å²) in [6.45, 7) is 1.52. The lowest BCUT2D eigenvalue weighted by Gasteiger charge is -2.16. The number of carbonyl (C=O) groups excluding carboxylic acids is 1. The number of hydrogen-bond acceptors (Lipinski definition) is 3. The predicted octanol–water partition coefficient (Wildman–Crippen LogP) is 2.44. The smallest absolute Gasteiger partial charge is 0.306 e. The summed E-state index contributed by atoms with van der Waals surface area (Å²) in [4.78, 5) is 13.1. The molecule has 0 atom stereocenters. The molecule has 0 aliphatic rings. The molecule has 1 aromatic carbocycles. The Hall–Kier alpha value is -0.870. The first-order chi connectivity index (χ1) is 7.63. The van der Waals surface area contributed by atoms with Gasteiger partial charge < -0.3 is 9.64 Å². The third-order valence-corrected chi connectivity index (χ3v) is 3.10. The molecule has 1 rings (SSSR count). The molecule has 3 nitrogen and oxygen atoms in total. The minimum atomic E-state index is -0.168. The molecule has 88 valence electrons. The van der Waals surface area contributed by atoms with Crippen molar-refractivity contribution >= 4 is 21.9 Å². The molecule has 4 heteroatoms. The Kier molecular flexibility index (Phi) is 5.49. The quantitative estimate of drug-likeness (QED) is 0.779. The topological polar surface area (TPSA) is 29.5 Å². The van der Waals surface area contributed by atoms with Gasteiger partial charge in [-0.15, -0.1) is 0 Å². The summed E-state index contributed by atoms with van der Waals surface area (Å²) >= 11 is 3.50. The number of halogens is 1. The third-order valence-electron chi connectivity index (χ3n) is 2.32. The highest BCUT2D eigenvalue weighted by Gasteiger charge is 2.06. The molecule has 0 amide bonds. The fourth-order valence-electron chi connectivity index (χ4n) is 1.38. The fraction of sp³-hybridized carbons (Fsp3) is 0.417. The summed E-state index contributed by atoms with van der Waals surface area (Å²) in [5, 5.41) is 0. The monoisotopic (exact) mass is 285 g/mol. The molecule has 16 heavy (non-hydrogen) atoms. The normalized spacial score (nSPS) is 10.5. The van der Waals surface area contributed by atoms with E-state index in [0.29, 0.717) is 13.0 Å². The van der Waals surface area contributed by atoms with E-state index < -0.39 is 0 Å². The van der Waals surface area contributed by atoms with Gasteiger partial charge in [0.2, 0.25) is 0 Å². The van der Waals surface area contributed by atoms with Crippen molar-refractivity contribution in [2.75, 3.05) is 20.7 Å². The van der Waals surface area contributed by atoms with Gasteiger partial charge in [-0.1, -0.05) is 34.1 Å². The maximum absolute atomic E-state index is 11.0. The van der Waals surface area contributed by atoms with Crippen molar-refractivity contribution in [2.24, 2.45) is 0 Å². The van der Waals surface area contributed by atoms with Crippen LogP contribution in [0.1, 0.15) is 12.0 Å². The standard InChI is InChI=1S/C12H16BrNO2/c1-14(8-7-12(15)16-2)9-10-5-3-4-6-11(10)13/h3-6H,7-9H2,1-2H3. The first kappa shape index (κ1) is 13.2. The number of hydrogen-bond donors (Lipinski definition) is 0. The van der Waals surface area contributed by atoms with Crippen LogP contribution in [-0.4, -0.2) is 31.6 Å². The largest absolute Gasteiger partial charge is 0.469 e. The Morgan fingerprint density at radius 1 is 1.44 bits per heavy atom. The average Bonchev–Trinajstić information content (AvgIpc) is 2.29. The predicted molar refractivity (Wildman–Crippen MR) is 67.1 cm³/mol. The van der Waals surface area contributed by atoms with Crippen LogP contribution in [0.5, 0.6) is 0 Å². The van der Waals surface area contributed by atoms with Crippen LogP contribution in [-0.2, 0) is 16.1 Å². The van der Waals surface area contributed by atoms with Crippen molar-refractivity contribution in [3.05, 3.63) is 34.3 Å². The van der Waals surface area contributed by atoms with E-state index in [0.717, 1.165) is 11.0 Å². The molecule has 0 saturated heterocycles. The molecule has 0 radical (unpaired) electrons. The second-order valence-electron chi connectivity index (χ2n) is 3.66. The number of nitrogens with zero attached hydrogens (tertiary/aromatic N) is 1. The van der Waals surface area contributed by atoms with Crippen LogP contribution in [0.4, 0.5) is 0 Å². The van der Waals surface area contributed by atoms with E-state index in [1.54, 1.807) is 0 Å². The molecular formula is C12H16BrNO2. The minimum absolute atomic E-state index is 0.168. The van der Waals surface area contributed by atoms with Crippen LogP contribution < -0.4 is 0 Å². The van der Waals surface area contributed by atoms with Crippen LogP contribution in [0.15, 0.2) is 28.7 Å². The van der Waals surface area contributed by atoms with Crippen LogP contribution in [0.25, 0.3) is 0 Å². The second-order valence-corrected chi connectivity index (χ2v) is 4.51. The summed E-state index contributed by atoms with van der Waals surface area (Å²) in [7, 11) is 3.40. The van der Waals surface area contributed by atoms with Gasteiger partial charge in [0.1, 0.15) is 0 Å². The van der Waals surface area contributed by atoms with Crippen molar-refractivity contribution in [2.45, 2.75) is 13.0 Å². The SMILES string of the molecule is COC(=O)CCN(C)Cc1ccccc1Br. The molecule has 0 bridgehead atoms. The van der Waals surface area contributed by atoms with E-state index in [9.17, 15) is 4.79 Å². The van der Waals surface area contributed by atoms with Gasteiger partial charge in [0, 0.05) is 17.6 Å². The number of methoxy groups -OCH3 is 1. The van der Waals surface area contributed by atoms with Gasteiger partial charge in [-0.2, -0.15) is 0 Å². The molecule has 0 fully saturated rings. The summed E-state index contributed by atoms with van der Waals surface area (Å²) < 4.78 is 5.70. The van der Waals surface area contributed by atoms with Gasteiger partial charge in [-0.25, -0.2) is 0 Å². The van der Waals surface area contributed by atoms with Crippen LogP contribution in [0, 0.1) is 0 Å². The lowest BCUT2D eigenvalue weighted by molar-refractivity contribution is -0.140. The molecule has 0 saturated carbocycles. The third kappa shape index (κ3) is 4.33. The van der Waals surface area contributed by atoms with Crippen molar-refractivity contribution in [1.29, 1.82) is 0 Å².